The van der Waals surface area contributed by atoms with E-state index in [2.05, 4.69) is 16.9 Å². The third-order valence-electron chi connectivity index (χ3n) is 2.65. The van der Waals surface area contributed by atoms with Crippen molar-refractivity contribution in [3.05, 3.63) is 17.3 Å². The third kappa shape index (κ3) is 2.37. The number of hydrogen-bond donors (Lipinski definition) is 0. The van der Waals surface area contributed by atoms with Crippen LogP contribution in [-0.4, -0.2) is 23.1 Å². The van der Waals surface area contributed by atoms with Crippen molar-refractivity contribution in [3.8, 4) is 0 Å². The molecule has 1 saturated heterocycles. The monoisotopic (exact) mass is 229 g/mol. The highest BCUT2D eigenvalue weighted by molar-refractivity contribution is 6.28. The lowest BCUT2D eigenvalue weighted by Gasteiger charge is -2.31. The molecule has 0 bridgehead atoms. The second-order valence-electron chi connectivity index (χ2n) is 4.00. The van der Waals surface area contributed by atoms with Gasteiger partial charge in [0.2, 0.25) is 5.28 Å². The molecule has 2 rings (SSSR count). The van der Waals surface area contributed by atoms with E-state index in [0.717, 1.165) is 25.7 Å². The molecule has 15 heavy (non-hydrogen) atoms. The summed E-state index contributed by atoms with van der Waals surface area (Å²) in [5, 5.41) is 0.102. The highest BCUT2D eigenvalue weighted by atomic mass is 35.5. The van der Waals surface area contributed by atoms with Crippen LogP contribution in [0.1, 0.15) is 19.8 Å². The number of rotatable bonds is 1. The van der Waals surface area contributed by atoms with Gasteiger partial charge in [0.15, 0.2) is 11.6 Å². The molecular formula is C10H13ClFN3. The van der Waals surface area contributed by atoms with Crippen LogP contribution in [0.4, 0.5) is 10.2 Å². The van der Waals surface area contributed by atoms with Crippen LogP contribution in [0.2, 0.25) is 5.28 Å². The van der Waals surface area contributed by atoms with Gasteiger partial charge in [0, 0.05) is 13.1 Å². The Labute approximate surface area is 93.3 Å². The van der Waals surface area contributed by atoms with Crippen molar-refractivity contribution < 1.29 is 4.39 Å². The standard InChI is InChI=1S/C10H13ClFN3/c1-7-3-2-4-15(6-7)9-8(12)5-13-10(11)14-9/h5,7H,2-4,6H2,1H3. The molecule has 0 spiro atoms. The summed E-state index contributed by atoms with van der Waals surface area (Å²) in [4.78, 5) is 9.48. The van der Waals surface area contributed by atoms with Gasteiger partial charge in [-0.1, -0.05) is 6.92 Å². The molecule has 5 heteroatoms. The largest absolute Gasteiger partial charge is 0.354 e. The molecule has 0 amide bonds. The molecule has 1 fully saturated rings. The molecule has 2 heterocycles. The Morgan fingerprint density at radius 2 is 2.40 bits per heavy atom. The molecule has 1 unspecified atom stereocenters. The predicted molar refractivity (Wildman–Crippen MR) is 57.6 cm³/mol. The summed E-state index contributed by atoms with van der Waals surface area (Å²) >= 11 is 5.66. The summed E-state index contributed by atoms with van der Waals surface area (Å²) < 4.78 is 13.5. The molecule has 82 valence electrons. The molecule has 0 aliphatic carbocycles. The highest BCUT2D eigenvalue weighted by Crippen LogP contribution is 2.23. The molecule has 0 saturated carbocycles. The Morgan fingerprint density at radius 3 is 3.13 bits per heavy atom. The maximum atomic E-state index is 13.5. The van der Waals surface area contributed by atoms with Gasteiger partial charge in [-0.05, 0) is 30.4 Å². The number of nitrogens with zero attached hydrogens (tertiary/aromatic N) is 3. The number of halogens is 2. The van der Waals surface area contributed by atoms with Crippen LogP contribution in [0, 0.1) is 11.7 Å². The van der Waals surface area contributed by atoms with Gasteiger partial charge in [0.1, 0.15) is 0 Å². The number of hydrogen-bond acceptors (Lipinski definition) is 3. The zero-order valence-corrected chi connectivity index (χ0v) is 9.34. The van der Waals surface area contributed by atoms with Gasteiger partial charge < -0.3 is 4.90 Å². The Hall–Kier alpha value is -0.900. The molecule has 0 aromatic carbocycles. The number of piperidine rings is 1. The van der Waals surface area contributed by atoms with Crippen LogP contribution in [0.15, 0.2) is 6.20 Å². The van der Waals surface area contributed by atoms with E-state index in [1.165, 1.54) is 6.42 Å². The lowest BCUT2D eigenvalue weighted by atomic mass is 10.0. The van der Waals surface area contributed by atoms with Crippen molar-refractivity contribution >= 4 is 17.4 Å². The van der Waals surface area contributed by atoms with Crippen molar-refractivity contribution in [2.24, 2.45) is 5.92 Å². The number of anilines is 1. The minimum absolute atomic E-state index is 0.102. The van der Waals surface area contributed by atoms with Crippen LogP contribution in [-0.2, 0) is 0 Å². The second kappa shape index (κ2) is 4.31. The van der Waals surface area contributed by atoms with Crippen molar-refractivity contribution in [2.75, 3.05) is 18.0 Å². The van der Waals surface area contributed by atoms with Gasteiger partial charge >= 0.3 is 0 Å². The van der Waals surface area contributed by atoms with Gasteiger partial charge in [-0.2, -0.15) is 4.98 Å². The molecule has 1 aromatic rings. The summed E-state index contributed by atoms with van der Waals surface area (Å²) in [5.74, 6) is 0.516. The smallest absolute Gasteiger partial charge is 0.224 e. The van der Waals surface area contributed by atoms with Gasteiger partial charge in [-0.3, -0.25) is 0 Å². The molecule has 0 radical (unpaired) electrons. The van der Waals surface area contributed by atoms with Crippen LogP contribution in [0.25, 0.3) is 0 Å². The van der Waals surface area contributed by atoms with Crippen molar-refractivity contribution in [2.45, 2.75) is 19.8 Å². The Balaban J connectivity index is 2.24. The summed E-state index contributed by atoms with van der Waals surface area (Å²) in [6, 6.07) is 0. The Kier molecular flexibility index (Phi) is 3.05. The summed E-state index contributed by atoms with van der Waals surface area (Å²) in [5.41, 5.74) is 0. The second-order valence-corrected chi connectivity index (χ2v) is 4.34. The molecule has 1 aliphatic rings. The van der Waals surface area contributed by atoms with E-state index >= 15 is 0 Å². The molecule has 1 aromatic heterocycles. The van der Waals surface area contributed by atoms with E-state index in [1.54, 1.807) is 0 Å². The molecule has 1 aliphatic heterocycles. The lowest BCUT2D eigenvalue weighted by Crippen LogP contribution is -2.35. The van der Waals surface area contributed by atoms with Crippen molar-refractivity contribution in [3.63, 3.8) is 0 Å². The Morgan fingerprint density at radius 1 is 1.60 bits per heavy atom. The van der Waals surface area contributed by atoms with Crippen LogP contribution < -0.4 is 4.90 Å². The average molecular weight is 230 g/mol. The summed E-state index contributed by atoms with van der Waals surface area (Å²) in [6.07, 6.45) is 3.39. The minimum atomic E-state index is -0.395. The maximum absolute atomic E-state index is 13.5. The Bertz CT molecular complexity index is 359. The van der Waals surface area contributed by atoms with E-state index in [1.807, 2.05) is 4.90 Å². The van der Waals surface area contributed by atoms with Gasteiger partial charge in [-0.15, -0.1) is 0 Å². The lowest BCUT2D eigenvalue weighted by molar-refractivity contribution is 0.438. The van der Waals surface area contributed by atoms with Crippen LogP contribution in [0.5, 0.6) is 0 Å². The van der Waals surface area contributed by atoms with E-state index in [0.29, 0.717) is 11.7 Å². The minimum Gasteiger partial charge on any atom is -0.354 e. The first-order valence-electron chi connectivity index (χ1n) is 5.10. The van der Waals surface area contributed by atoms with Gasteiger partial charge in [0.25, 0.3) is 0 Å². The summed E-state index contributed by atoms with van der Waals surface area (Å²) in [6.45, 7) is 3.84. The fourth-order valence-electron chi connectivity index (χ4n) is 1.94. The molecule has 1 atom stereocenters. The van der Waals surface area contributed by atoms with Gasteiger partial charge in [0.05, 0.1) is 6.20 Å². The molecular weight excluding hydrogens is 217 g/mol. The third-order valence-corrected chi connectivity index (χ3v) is 2.83. The van der Waals surface area contributed by atoms with Crippen LogP contribution in [0.3, 0.4) is 0 Å². The predicted octanol–water partition coefficient (Wildman–Crippen LogP) is 2.51. The molecule has 3 nitrogen and oxygen atoms in total. The first-order valence-corrected chi connectivity index (χ1v) is 5.47. The summed E-state index contributed by atoms with van der Waals surface area (Å²) in [7, 11) is 0. The topological polar surface area (TPSA) is 29.0 Å². The SMILES string of the molecule is CC1CCCN(c2nc(Cl)ncc2F)C1. The zero-order chi connectivity index (χ0) is 10.8. The van der Waals surface area contributed by atoms with Gasteiger partial charge in [-0.25, -0.2) is 9.37 Å². The van der Waals surface area contributed by atoms with E-state index in [-0.39, 0.29) is 5.28 Å². The normalized spacial score (nSPS) is 21.8. The average Bonchev–Trinajstić information content (AvgIpc) is 2.22. The van der Waals surface area contributed by atoms with E-state index < -0.39 is 5.82 Å². The van der Waals surface area contributed by atoms with Crippen molar-refractivity contribution in [1.82, 2.24) is 9.97 Å². The highest BCUT2D eigenvalue weighted by Gasteiger charge is 2.20. The van der Waals surface area contributed by atoms with Crippen LogP contribution >= 0.6 is 11.6 Å². The zero-order valence-electron chi connectivity index (χ0n) is 8.58. The maximum Gasteiger partial charge on any atom is 0.224 e. The quantitative estimate of drug-likeness (QED) is 0.693. The van der Waals surface area contributed by atoms with Crippen molar-refractivity contribution in [1.29, 1.82) is 0 Å². The number of aromatic nitrogens is 2. The van der Waals surface area contributed by atoms with E-state index in [4.69, 9.17) is 11.6 Å². The van der Waals surface area contributed by atoms with E-state index in [9.17, 15) is 4.39 Å². The fraction of sp³-hybridized carbons (Fsp3) is 0.600. The first kappa shape index (κ1) is 10.6. The molecule has 0 N–H and O–H groups in total. The first-order chi connectivity index (χ1) is 7.16. The fourth-order valence-corrected chi connectivity index (χ4v) is 2.07.